The minimum Gasteiger partial charge on any atom is -0.497 e. The molecule has 1 atom stereocenters. The number of nitrogens with zero attached hydrogens (tertiary/aromatic N) is 2. The fraction of sp³-hybridized carbons (Fsp3) is 0.480. The summed E-state index contributed by atoms with van der Waals surface area (Å²) in [5.74, 6) is 2.22. The number of para-hydroxylation sites is 1. The van der Waals surface area contributed by atoms with Gasteiger partial charge in [-0.3, -0.25) is 0 Å². The third kappa shape index (κ3) is 6.89. The number of ether oxygens (including phenoxy) is 2. The smallest absolute Gasteiger partial charge is 0.191 e. The summed E-state index contributed by atoms with van der Waals surface area (Å²) in [5, 5.41) is 6.86. The van der Waals surface area contributed by atoms with Gasteiger partial charge < -0.3 is 25.0 Å². The Bertz CT molecular complexity index is 817. The lowest BCUT2D eigenvalue weighted by molar-refractivity contribution is 0.122. The van der Waals surface area contributed by atoms with E-state index < -0.39 is 0 Å². The zero-order valence-corrected chi connectivity index (χ0v) is 19.1. The molecule has 6 nitrogen and oxygen atoms in total. The Morgan fingerprint density at radius 2 is 1.84 bits per heavy atom. The van der Waals surface area contributed by atoms with Crippen molar-refractivity contribution in [2.45, 2.75) is 32.7 Å². The SMILES string of the molecule is CCNC(=NCc1ccccc1N1CCOCC1)NCCC(C)c1ccc(OC)cc1. The summed E-state index contributed by atoms with van der Waals surface area (Å²) in [6, 6.07) is 16.9. The molecule has 31 heavy (non-hydrogen) atoms. The molecular formula is C25H36N4O2. The summed E-state index contributed by atoms with van der Waals surface area (Å²) >= 11 is 0. The van der Waals surface area contributed by atoms with E-state index in [-0.39, 0.29) is 0 Å². The summed E-state index contributed by atoms with van der Waals surface area (Å²) in [5.41, 5.74) is 3.83. The Labute approximate surface area is 186 Å². The first-order valence-corrected chi connectivity index (χ1v) is 11.3. The first-order chi connectivity index (χ1) is 15.2. The van der Waals surface area contributed by atoms with E-state index in [0.717, 1.165) is 57.5 Å². The van der Waals surface area contributed by atoms with Gasteiger partial charge in [-0.1, -0.05) is 37.3 Å². The quantitative estimate of drug-likeness (QED) is 0.474. The third-order valence-electron chi connectivity index (χ3n) is 5.65. The second kappa shape index (κ2) is 12.2. The van der Waals surface area contributed by atoms with Crippen molar-refractivity contribution in [2.24, 2.45) is 4.99 Å². The lowest BCUT2D eigenvalue weighted by Crippen LogP contribution is -2.38. The fourth-order valence-electron chi connectivity index (χ4n) is 3.77. The average molecular weight is 425 g/mol. The van der Waals surface area contributed by atoms with Crippen molar-refractivity contribution < 1.29 is 9.47 Å². The molecule has 2 aromatic rings. The van der Waals surface area contributed by atoms with Crippen LogP contribution < -0.4 is 20.3 Å². The number of morpholine rings is 1. The van der Waals surface area contributed by atoms with Gasteiger partial charge in [0, 0.05) is 31.9 Å². The van der Waals surface area contributed by atoms with Crippen molar-refractivity contribution in [3.63, 3.8) is 0 Å². The number of hydrogen-bond acceptors (Lipinski definition) is 4. The Hall–Kier alpha value is -2.73. The number of aliphatic imine (C=N–C) groups is 1. The van der Waals surface area contributed by atoms with Crippen molar-refractivity contribution in [3.05, 3.63) is 59.7 Å². The normalized spacial score (nSPS) is 15.5. The molecule has 3 rings (SSSR count). The van der Waals surface area contributed by atoms with Crippen LogP contribution in [-0.2, 0) is 11.3 Å². The van der Waals surface area contributed by atoms with Gasteiger partial charge in [-0.15, -0.1) is 0 Å². The van der Waals surface area contributed by atoms with Gasteiger partial charge in [0.2, 0.25) is 0 Å². The van der Waals surface area contributed by atoms with Gasteiger partial charge in [-0.25, -0.2) is 4.99 Å². The van der Waals surface area contributed by atoms with Gasteiger partial charge in [-0.2, -0.15) is 0 Å². The van der Waals surface area contributed by atoms with E-state index in [9.17, 15) is 0 Å². The highest BCUT2D eigenvalue weighted by Gasteiger charge is 2.14. The first-order valence-electron chi connectivity index (χ1n) is 11.3. The van der Waals surface area contributed by atoms with Crippen LogP contribution in [0.15, 0.2) is 53.5 Å². The zero-order chi connectivity index (χ0) is 21.9. The number of guanidine groups is 1. The van der Waals surface area contributed by atoms with Gasteiger partial charge in [0.1, 0.15) is 5.75 Å². The number of hydrogen-bond donors (Lipinski definition) is 2. The minimum atomic E-state index is 0.461. The summed E-state index contributed by atoms with van der Waals surface area (Å²) in [7, 11) is 1.70. The molecule has 1 unspecified atom stereocenters. The molecule has 1 heterocycles. The Morgan fingerprint density at radius 3 is 2.55 bits per heavy atom. The Kier molecular flexibility index (Phi) is 9.03. The van der Waals surface area contributed by atoms with E-state index in [2.05, 4.69) is 65.8 Å². The van der Waals surface area contributed by atoms with Gasteiger partial charge in [0.15, 0.2) is 5.96 Å². The highest BCUT2D eigenvalue weighted by molar-refractivity contribution is 5.79. The van der Waals surface area contributed by atoms with Crippen LogP contribution >= 0.6 is 0 Å². The number of rotatable bonds is 9. The molecule has 0 aromatic heterocycles. The molecule has 0 amide bonds. The van der Waals surface area contributed by atoms with Crippen LogP contribution in [0.3, 0.4) is 0 Å². The molecular weight excluding hydrogens is 388 g/mol. The lowest BCUT2D eigenvalue weighted by atomic mass is 9.98. The third-order valence-corrected chi connectivity index (χ3v) is 5.65. The number of methoxy groups -OCH3 is 1. The second-order valence-corrected chi connectivity index (χ2v) is 7.81. The number of benzene rings is 2. The Balaban J connectivity index is 1.56. The molecule has 1 fully saturated rings. The molecule has 0 radical (unpaired) electrons. The average Bonchev–Trinajstić information content (AvgIpc) is 2.83. The number of anilines is 1. The maximum absolute atomic E-state index is 5.50. The van der Waals surface area contributed by atoms with Crippen molar-refractivity contribution in [3.8, 4) is 5.75 Å². The van der Waals surface area contributed by atoms with Crippen LogP contribution in [0.1, 0.15) is 37.3 Å². The highest BCUT2D eigenvalue weighted by atomic mass is 16.5. The molecule has 0 aliphatic carbocycles. The van der Waals surface area contributed by atoms with Crippen molar-refractivity contribution in [2.75, 3.05) is 51.4 Å². The van der Waals surface area contributed by atoms with Crippen LogP contribution in [0.5, 0.6) is 5.75 Å². The standard InChI is InChI=1S/C25H36N4O2/c1-4-26-25(27-14-13-20(2)21-9-11-23(30-3)12-10-21)28-19-22-7-5-6-8-24(22)29-15-17-31-18-16-29/h5-12,20H,4,13-19H2,1-3H3,(H2,26,27,28). The van der Waals surface area contributed by atoms with Crippen LogP contribution in [-0.4, -0.2) is 52.5 Å². The van der Waals surface area contributed by atoms with E-state index in [1.165, 1.54) is 16.8 Å². The largest absolute Gasteiger partial charge is 0.497 e. The van der Waals surface area contributed by atoms with Crippen molar-refractivity contribution in [1.82, 2.24) is 10.6 Å². The van der Waals surface area contributed by atoms with E-state index >= 15 is 0 Å². The van der Waals surface area contributed by atoms with E-state index in [1.807, 2.05) is 12.1 Å². The topological polar surface area (TPSA) is 58.1 Å². The van der Waals surface area contributed by atoms with Gasteiger partial charge in [-0.05, 0) is 48.6 Å². The second-order valence-electron chi connectivity index (χ2n) is 7.81. The van der Waals surface area contributed by atoms with Crippen LogP contribution in [0.4, 0.5) is 5.69 Å². The van der Waals surface area contributed by atoms with E-state index in [1.54, 1.807) is 7.11 Å². The molecule has 168 valence electrons. The predicted octanol–water partition coefficient (Wildman–Crippen LogP) is 3.78. The summed E-state index contributed by atoms with van der Waals surface area (Å²) < 4.78 is 10.8. The predicted molar refractivity (Wildman–Crippen MR) is 128 cm³/mol. The maximum atomic E-state index is 5.50. The monoisotopic (exact) mass is 424 g/mol. The molecule has 2 N–H and O–H groups in total. The van der Waals surface area contributed by atoms with Crippen LogP contribution in [0.25, 0.3) is 0 Å². The molecule has 2 aromatic carbocycles. The molecule has 1 aliphatic heterocycles. The fourth-order valence-corrected chi connectivity index (χ4v) is 3.77. The first kappa shape index (κ1) is 22.9. The van der Waals surface area contributed by atoms with Crippen LogP contribution in [0.2, 0.25) is 0 Å². The van der Waals surface area contributed by atoms with Crippen molar-refractivity contribution in [1.29, 1.82) is 0 Å². The molecule has 0 saturated carbocycles. The maximum Gasteiger partial charge on any atom is 0.191 e. The summed E-state index contributed by atoms with van der Waals surface area (Å²) in [4.78, 5) is 7.25. The number of nitrogens with one attached hydrogen (secondary N) is 2. The van der Waals surface area contributed by atoms with E-state index in [4.69, 9.17) is 14.5 Å². The molecule has 1 saturated heterocycles. The molecule has 0 bridgehead atoms. The highest BCUT2D eigenvalue weighted by Crippen LogP contribution is 2.23. The van der Waals surface area contributed by atoms with Crippen molar-refractivity contribution >= 4 is 11.6 Å². The minimum absolute atomic E-state index is 0.461. The molecule has 0 spiro atoms. The van der Waals surface area contributed by atoms with Gasteiger partial charge in [0.05, 0.1) is 26.9 Å². The van der Waals surface area contributed by atoms with E-state index in [0.29, 0.717) is 12.5 Å². The molecule has 6 heteroatoms. The Morgan fingerprint density at radius 1 is 1.10 bits per heavy atom. The van der Waals surface area contributed by atoms with Crippen LogP contribution in [0, 0.1) is 0 Å². The zero-order valence-electron chi connectivity index (χ0n) is 19.1. The summed E-state index contributed by atoms with van der Waals surface area (Å²) in [6.45, 7) is 10.1. The summed E-state index contributed by atoms with van der Waals surface area (Å²) in [6.07, 6.45) is 1.03. The lowest BCUT2D eigenvalue weighted by Gasteiger charge is -2.30. The molecule has 1 aliphatic rings. The van der Waals surface area contributed by atoms with Gasteiger partial charge >= 0.3 is 0 Å². The van der Waals surface area contributed by atoms with Gasteiger partial charge in [0.25, 0.3) is 0 Å².